The lowest BCUT2D eigenvalue weighted by Crippen LogP contribution is -2.29. The normalized spacial score (nSPS) is 13.9. The van der Waals surface area contributed by atoms with Crippen molar-refractivity contribution in [2.45, 2.75) is 264 Å². The maximum absolute atomic E-state index is 12.7. The molecular weight excluding hydrogens is 978 g/mol. The van der Waals surface area contributed by atoms with Crippen molar-refractivity contribution in [3.63, 3.8) is 0 Å². The molecule has 2 unspecified atom stereocenters. The molecule has 0 aromatic rings. The quantitative estimate of drug-likeness (QED) is 0.0264. The zero-order valence-electron chi connectivity index (χ0n) is 49.2. The molecule has 3 N–H and O–H groups in total. The average Bonchev–Trinajstić information content (AvgIpc) is 3.42. The van der Waals surface area contributed by atoms with Crippen molar-refractivity contribution in [1.29, 1.82) is 0 Å². The Kier molecular flexibility index (Phi) is 58.7. The molecule has 9 nitrogen and oxygen atoms in total. The molecule has 0 aliphatic rings. The molecule has 0 radical (unpaired) electrons. The lowest BCUT2D eigenvalue weighted by Gasteiger charge is -2.19. The van der Waals surface area contributed by atoms with Crippen molar-refractivity contribution < 1.29 is 37.6 Å². The second-order valence-electron chi connectivity index (χ2n) is 20.2. The molecular formula is C67H114NO8P. The van der Waals surface area contributed by atoms with Gasteiger partial charge in [0.1, 0.15) is 6.61 Å². The summed E-state index contributed by atoms with van der Waals surface area (Å²) in [6.45, 7) is 3.61. The van der Waals surface area contributed by atoms with Crippen LogP contribution < -0.4 is 5.73 Å². The van der Waals surface area contributed by atoms with E-state index in [1.165, 1.54) is 109 Å². The zero-order valence-corrected chi connectivity index (χ0v) is 50.0. The molecule has 0 heterocycles. The van der Waals surface area contributed by atoms with Crippen LogP contribution in [0.15, 0.2) is 122 Å². The highest BCUT2D eigenvalue weighted by Crippen LogP contribution is 2.43. The molecule has 0 fully saturated rings. The number of unbranched alkanes of at least 4 members (excludes halogenated alkanes) is 24. The van der Waals surface area contributed by atoms with Gasteiger partial charge in [0.05, 0.1) is 13.2 Å². The molecule has 0 saturated carbocycles. The Morgan fingerprint density at radius 1 is 0.403 bits per heavy atom. The highest BCUT2D eigenvalue weighted by Gasteiger charge is 2.26. The fraction of sp³-hybridized carbons (Fsp3) is 0.672. The topological polar surface area (TPSA) is 134 Å². The molecule has 440 valence electrons. The number of carbonyl (C=O) groups excluding carboxylic acids is 2. The summed E-state index contributed by atoms with van der Waals surface area (Å²) in [5, 5.41) is 0. The Morgan fingerprint density at radius 3 is 1.08 bits per heavy atom. The van der Waals surface area contributed by atoms with Crippen LogP contribution in [0.3, 0.4) is 0 Å². The molecule has 0 amide bonds. The van der Waals surface area contributed by atoms with Gasteiger partial charge >= 0.3 is 19.8 Å². The number of esters is 2. The molecule has 0 aliphatic heterocycles. The molecule has 0 bridgehead atoms. The number of carbonyl (C=O) groups is 2. The number of ether oxygens (including phenoxy) is 2. The highest BCUT2D eigenvalue weighted by molar-refractivity contribution is 7.47. The minimum absolute atomic E-state index is 0.0483. The molecule has 10 heteroatoms. The molecule has 0 aromatic heterocycles. The monoisotopic (exact) mass is 1090 g/mol. The van der Waals surface area contributed by atoms with Crippen LogP contribution in [0.4, 0.5) is 0 Å². The molecule has 0 saturated heterocycles. The standard InChI is InChI=1S/C67H114NO8P/c1-3-5-7-9-11-13-15-17-19-20-21-22-23-24-25-26-27-28-29-30-31-32-33-34-35-36-37-38-39-40-41-42-43-44-46-48-50-52-54-56-58-60-67(70)76-65(64-75-77(71,72)74-62-61-68)63-73-66(69)59-57-55-53-51-49-47-45-18-16-14-12-10-8-6-4-2/h5,7,11,13,17-19,21-22,24-25,27-28,30-31,33-34,36-37,45,65H,3-4,6,8-10,12,14-16,20,23,26,29,32,35,38-44,46-64,68H2,1-2H3,(H,71,72)/b7-5-,13-11-,19-17-,22-21-,25-24-,28-27-,31-30-,34-33-,37-36-,45-18-. The van der Waals surface area contributed by atoms with E-state index in [0.717, 1.165) is 116 Å². The summed E-state index contributed by atoms with van der Waals surface area (Å²) >= 11 is 0. The maximum atomic E-state index is 12.7. The van der Waals surface area contributed by atoms with Crippen LogP contribution in [0.2, 0.25) is 0 Å². The van der Waals surface area contributed by atoms with Crippen molar-refractivity contribution in [2.24, 2.45) is 5.73 Å². The number of hydrogen-bond acceptors (Lipinski definition) is 8. The second-order valence-corrected chi connectivity index (χ2v) is 21.6. The maximum Gasteiger partial charge on any atom is 0.472 e. The van der Waals surface area contributed by atoms with Crippen molar-refractivity contribution >= 4 is 19.8 Å². The van der Waals surface area contributed by atoms with Crippen LogP contribution in [-0.2, 0) is 32.7 Å². The Labute approximate surface area is 472 Å². The van der Waals surface area contributed by atoms with Crippen LogP contribution in [-0.4, -0.2) is 49.3 Å². The summed E-state index contributed by atoms with van der Waals surface area (Å²) < 4.78 is 33.0. The number of nitrogens with two attached hydrogens (primary N) is 1. The number of rotatable bonds is 57. The number of phosphoric ester groups is 1. The van der Waals surface area contributed by atoms with Crippen LogP contribution in [0.25, 0.3) is 0 Å². The van der Waals surface area contributed by atoms with Gasteiger partial charge in [-0.05, 0) is 109 Å². The first kappa shape index (κ1) is 73.4. The van der Waals surface area contributed by atoms with Gasteiger partial charge in [0, 0.05) is 19.4 Å². The van der Waals surface area contributed by atoms with Crippen molar-refractivity contribution in [2.75, 3.05) is 26.4 Å². The van der Waals surface area contributed by atoms with E-state index in [1.807, 2.05) is 0 Å². The van der Waals surface area contributed by atoms with Crippen LogP contribution in [0.5, 0.6) is 0 Å². The van der Waals surface area contributed by atoms with Crippen molar-refractivity contribution in [1.82, 2.24) is 0 Å². The third kappa shape index (κ3) is 61.5. The molecule has 0 aromatic carbocycles. The fourth-order valence-electron chi connectivity index (χ4n) is 8.27. The summed E-state index contributed by atoms with van der Waals surface area (Å²) in [4.78, 5) is 35.1. The van der Waals surface area contributed by atoms with E-state index in [4.69, 9.17) is 24.3 Å². The number of phosphoric acid groups is 1. The Morgan fingerprint density at radius 2 is 0.714 bits per heavy atom. The third-order valence-electron chi connectivity index (χ3n) is 12.8. The molecule has 0 rings (SSSR count). The molecule has 77 heavy (non-hydrogen) atoms. The molecule has 0 aliphatic carbocycles. The summed E-state index contributed by atoms with van der Waals surface area (Å²) in [5.74, 6) is -0.840. The third-order valence-corrected chi connectivity index (χ3v) is 13.8. The molecule has 2 atom stereocenters. The van der Waals surface area contributed by atoms with E-state index in [1.54, 1.807) is 0 Å². The van der Waals surface area contributed by atoms with E-state index >= 15 is 0 Å². The van der Waals surface area contributed by atoms with E-state index in [-0.39, 0.29) is 32.6 Å². The van der Waals surface area contributed by atoms with Gasteiger partial charge in [-0.25, -0.2) is 4.57 Å². The summed E-state index contributed by atoms with van der Waals surface area (Å²) in [6, 6.07) is 0. The van der Waals surface area contributed by atoms with E-state index in [0.29, 0.717) is 6.42 Å². The second kappa shape index (κ2) is 61.6. The van der Waals surface area contributed by atoms with Gasteiger partial charge in [-0.3, -0.25) is 18.6 Å². The molecule has 0 spiro atoms. The summed E-state index contributed by atoms with van der Waals surface area (Å²) in [5.41, 5.74) is 5.38. The predicted octanol–water partition coefficient (Wildman–Crippen LogP) is 20.0. The van der Waals surface area contributed by atoms with Crippen molar-refractivity contribution in [3.8, 4) is 0 Å². The van der Waals surface area contributed by atoms with Crippen LogP contribution >= 0.6 is 7.82 Å². The average molecular weight is 1090 g/mol. The lowest BCUT2D eigenvalue weighted by molar-refractivity contribution is -0.161. The largest absolute Gasteiger partial charge is 0.472 e. The Balaban J connectivity index is 3.91. The first-order valence-corrected chi connectivity index (χ1v) is 32.5. The number of hydrogen-bond donors (Lipinski definition) is 2. The van der Waals surface area contributed by atoms with Gasteiger partial charge in [-0.2, -0.15) is 0 Å². The van der Waals surface area contributed by atoms with Crippen LogP contribution in [0.1, 0.15) is 258 Å². The predicted molar refractivity (Wildman–Crippen MR) is 330 cm³/mol. The summed E-state index contributed by atoms with van der Waals surface area (Å²) in [6.07, 6.45) is 85.6. The van der Waals surface area contributed by atoms with E-state index in [9.17, 15) is 19.0 Å². The minimum Gasteiger partial charge on any atom is -0.462 e. The van der Waals surface area contributed by atoms with E-state index in [2.05, 4.69) is 135 Å². The van der Waals surface area contributed by atoms with Gasteiger partial charge < -0.3 is 20.1 Å². The Bertz CT molecular complexity index is 1670. The number of allylic oxidation sites excluding steroid dienone is 20. The zero-order chi connectivity index (χ0) is 55.9. The summed E-state index contributed by atoms with van der Waals surface area (Å²) in [7, 11) is -4.39. The first-order valence-electron chi connectivity index (χ1n) is 31.0. The van der Waals surface area contributed by atoms with Gasteiger partial charge in [0.2, 0.25) is 0 Å². The van der Waals surface area contributed by atoms with E-state index < -0.39 is 32.5 Å². The van der Waals surface area contributed by atoms with Crippen LogP contribution in [0, 0.1) is 0 Å². The minimum atomic E-state index is -4.39. The SMILES string of the molecule is CC/C=C\C/C=C\C/C=C\C/C=C\C/C=C\C/C=C\C/C=C\C/C=C\C/C=C\CCCCCCCCCCCCCCCC(=O)OC(COC(=O)CCCCCCC/C=C\CCCCCCCC)COP(=O)(O)OCCN. The fourth-order valence-corrected chi connectivity index (χ4v) is 9.04. The van der Waals surface area contributed by atoms with Crippen molar-refractivity contribution in [3.05, 3.63) is 122 Å². The lowest BCUT2D eigenvalue weighted by atomic mass is 10.0. The smallest absolute Gasteiger partial charge is 0.462 e. The highest BCUT2D eigenvalue weighted by atomic mass is 31.2. The van der Waals surface area contributed by atoms with Gasteiger partial charge in [-0.1, -0.05) is 257 Å². The van der Waals surface area contributed by atoms with Gasteiger partial charge in [0.15, 0.2) is 6.10 Å². The van der Waals surface area contributed by atoms with Gasteiger partial charge in [0.25, 0.3) is 0 Å². The first-order chi connectivity index (χ1) is 37.8. The van der Waals surface area contributed by atoms with Gasteiger partial charge in [-0.15, -0.1) is 0 Å². The Hall–Kier alpha value is -3.59.